The first-order valence-electron chi connectivity index (χ1n) is 4.89. The monoisotopic (exact) mass is 197 g/mol. The van der Waals surface area contributed by atoms with E-state index >= 15 is 0 Å². The van der Waals surface area contributed by atoms with E-state index in [4.69, 9.17) is 0 Å². The Morgan fingerprint density at radius 2 is 2.00 bits per heavy atom. The molecule has 1 aliphatic rings. The molecule has 1 aliphatic carbocycles. The Balaban J connectivity index is 2.66. The van der Waals surface area contributed by atoms with Crippen LogP contribution in [-0.2, 0) is 9.63 Å². The Morgan fingerprint density at radius 1 is 1.43 bits per heavy atom. The Morgan fingerprint density at radius 3 is 2.43 bits per heavy atom. The average Bonchev–Trinajstić information content (AvgIpc) is 2.52. The number of hydroxylamine groups is 1. The van der Waals surface area contributed by atoms with Crippen LogP contribution in [0.3, 0.4) is 0 Å². The predicted octanol–water partition coefficient (Wildman–Crippen LogP) is 1.90. The minimum atomic E-state index is -0.0139. The van der Waals surface area contributed by atoms with Gasteiger partial charge in [0.15, 0.2) is 0 Å². The normalized spacial score (nSPS) is 28.1. The highest BCUT2D eigenvalue weighted by Gasteiger charge is 2.60. The number of carbonyl (C=O) groups is 1. The van der Waals surface area contributed by atoms with Crippen LogP contribution >= 0.6 is 0 Å². The van der Waals surface area contributed by atoms with Crippen LogP contribution in [0.25, 0.3) is 0 Å². The van der Waals surface area contributed by atoms with Gasteiger partial charge in [-0.15, -0.1) is 0 Å². The van der Waals surface area contributed by atoms with E-state index in [0.717, 1.165) is 0 Å². The molecule has 1 saturated carbocycles. The van der Waals surface area contributed by atoms with Gasteiger partial charge in [0.1, 0.15) is 0 Å². The van der Waals surface area contributed by atoms with Crippen LogP contribution < -0.4 is 5.48 Å². The van der Waals surface area contributed by atoms with Crippen molar-refractivity contribution in [2.45, 2.75) is 27.7 Å². The standard InChI is InChI=1S/C11H19NO2/c1-7(2)6-8-9(11(8,3)4)10(13)12-14-5/h6,8-9H,1-5H3,(H,12,13)/t8-,9-/m1/s1. The Hall–Kier alpha value is -0.830. The second-order valence-corrected chi connectivity index (χ2v) is 4.74. The van der Waals surface area contributed by atoms with Gasteiger partial charge in [-0.05, 0) is 25.2 Å². The number of amides is 1. The zero-order chi connectivity index (χ0) is 10.9. The van der Waals surface area contributed by atoms with E-state index in [2.05, 4.69) is 44.1 Å². The van der Waals surface area contributed by atoms with E-state index in [-0.39, 0.29) is 17.2 Å². The van der Waals surface area contributed by atoms with Gasteiger partial charge in [-0.2, -0.15) is 0 Å². The molecule has 0 bridgehead atoms. The van der Waals surface area contributed by atoms with Crippen LogP contribution in [0, 0.1) is 17.3 Å². The lowest BCUT2D eigenvalue weighted by Gasteiger charge is -2.01. The minimum absolute atomic E-state index is 0.0139. The quantitative estimate of drug-likeness (QED) is 0.554. The van der Waals surface area contributed by atoms with Crippen molar-refractivity contribution < 1.29 is 9.63 Å². The van der Waals surface area contributed by atoms with Gasteiger partial charge >= 0.3 is 0 Å². The summed E-state index contributed by atoms with van der Waals surface area (Å²) in [5, 5.41) is 0. The van der Waals surface area contributed by atoms with Crippen molar-refractivity contribution in [2.24, 2.45) is 17.3 Å². The highest BCUT2D eigenvalue weighted by molar-refractivity contribution is 5.82. The largest absolute Gasteiger partial charge is 0.277 e. The first-order valence-corrected chi connectivity index (χ1v) is 4.89. The van der Waals surface area contributed by atoms with E-state index in [1.54, 1.807) is 0 Å². The molecule has 0 aromatic rings. The third-order valence-corrected chi connectivity index (χ3v) is 2.91. The van der Waals surface area contributed by atoms with Gasteiger partial charge in [0, 0.05) is 0 Å². The molecule has 0 saturated heterocycles. The summed E-state index contributed by atoms with van der Waals surface area (Å²) in [4.78, 5) is 16.2. The third kappa shape index (κ3) is 1.98. The summed E-state index contributed by atoms with van der Waals surface area (Å²) in [7, 11) is 1.46. The van der Waals surface area contributed by atoms with Crippen molar-refractivity contribution >= 4 is 5.91 Å². The Kier molecular flexibility index (Phi) is 3.00. The third-order valence-electron chi connectivity index (χ3n) is 2.91. The average molecular weight is 197 g/mol. The lowest BCUT2D eigenvalue weighted by molar-refractivity contribution is -0.133. The van der Waals surface area contributed by atoms with Crippen molar-refractivity contribution in [3.05, 3.63) is 11.6 Å². The van der Waals surface area contributed by atoms with Gasteiger partial charge in [-0.1, -0.05) is 25.5 Å². The SMILES string of the molecule is CONC(=O)[C@H]1[C@@H](C=C(C)C)C1(C)C. The summed E-state index contributed by atoms with van der Waals surface area (Å²) in [6, 6.07) is 0. The zero-order valence-corrected chi connectivity index (χ0v) is 9.55. The Bertz CT molecular complexity index is 264. The van der Waals surface area contributed by atoms with E-state index in [1.165, 1.54) is 12.7 Å². The maximum Gasteiger partial charge on any atom is 0.247 e. The fraction of sp³-hybridized carbons (Fsp3) is 0.727. The molecule has 1 amide bonds. The molecule has 14 heavy (non-hydrogen) atoms. The smallest absolute Gasteiger partial charge is 0.247 e. The molecular weight excluding hydrogens is 178 g/mol. The highest BCUT2D eigenvalue weighted by atomic mass is 16.6. The summed E-state index contributed by atoms with van der Waals surface area (Å²) in [6.45, 7) is 8.33. The van der Waals surface area contributed by atoms with Gasteiger partial charge in [-0.3, -0.25) is 9.63 Å². The first-order chi connectivity index (χ1) is 6.41. The van der Waals surface area contributed by atoms with Crippen molar-refractivity contribution in [2.75, 3.05) is 7.11 Å². The number of carbonyl (C=O) groups excluding carboxylic acids is 1. The van der Waals surface area contributed by atoms with Gasteiger partial charge in [0.05, 0.1) is 13.0 Å². The van der Waals surface area contributed by atoms with E-state index in [9.17, 15) is 4.79 Å². The molecule has 1 rings (SSSR count). The summed E-state index contributed by atoms with van der Waals surface area (Å²) in [5.74, 6) is 0.389. The van der Waals surface area contributed by atoms with E-state index < -0.39 is 0 Å². The lowest BCUT2D eigenvalue weighted by Crippen LogP contribution is -2.25. The van der Waals surface area contributed by atoms with Crippen molar-refractivity contribution in [3.8, 4) is 0 Å². The van der Waals surface area contributed by atoms with Gasteiger partial charge in [0.25, 0.3) is 0 Å². The van der Waals surface area contributed by atoms with Crippen LogP contribution in [0.15, 0.2) is 11.6 Å². The number of rotatable bonds is 3. The van der Waals surface area contributed by atoms with Gasteiger partial charge in [-0.25, -0.2) is 5.48 Å². The molecule has 0 aromatic heterocycles. The predicted molar refractivity (Wildman–Crippen MR) is 55.3 cm³/mol. The first kappa shape index (κ1) is 11.2. The molecule has 80 valence electrons. The molecule has 0 unspecified atom stereocenters. The molecule has 1 fully saturated rings. The molecule has 3 nitrogen and oxygen atoms in total. The summed E-state index contributed by atoms with van der Waals surface area (Å²) >= 11 is 0. The van der Waals surface area contributed by atoms with Crippen LogP contribution in [0.2, 0.25) is 0 Å². The molecule has 0 heterocycles. The number of allylic oxidation sites excluding steroid dienone is 2. The van der Waals surface area contributed by atoms with Crippen LogP contribution in [-0.4, -0.2) is 13.0 Å². The lowest BCUT2D eigenvalue weighted by atomic mass is 10.1. The number of hydrogen-bond donors (Lipinski definition) is 1. The number of hydrogen-bond acceptors (Lipinski definition) is 2. The maximum atomic E-state index is 11.5. The molecule has 1 N–H and O–H groups in total. The molecule has 2 atom stereocenters. The fourth-order valence-electron chi connectivity index (χ4n) is 2.01. The van der Waals surface area contributed by atoms with Crippen LogP contribution in [0.4, 0.5) is 0 Å². The fourth-order valence-corrected chi connectivity index (χ4v) is 2.01. The second kappa shape index (κ2) is 3.73. The summed E-state index contributed by atoms with van der Waals surface area (Å²) < 4.78 is 0. The topological polar surface area (TPSA) is 38.3 Å². The maximum absolute atomic E-state index is 11.5. The van der Waals surface area contributed by atoms with Crippen LogP contribution in [0.1, 0.15) is 27.7 Å². The highest BCUT2D eigenvalue weighted by Crippen LogP contribution is 2.59. The Labute approximate surface area is 85.5 Å². The van der Waals surface area contributed by atoms with Crippen molar-refractivity contribution in [1.29, 1.82) is 0 Å². The summed E-state index contributed by atoms with van der Waals surface area (Å²) in [6.07, 6.45) is 2.17. The van der Waals surface area contributed by atoms with Crippen molar-refractivity contribution in [1.82, 2.24) is 5.48 Å². The van der Waals surface area contributed by atoms with Crippen LogP contribution in [0.5, 0.6) is 0 Å². The second-order valence-electron chi connectivity index (χ2n) is 4.74. The molecule has 0 radical (unpaired) electrons. The van der Waals surface area contributed by atoms with E-state index in [0.29, 0.717) is 5.92 Å². The summed E-state index contributed by atoms with van der Waals surface area (Å²) in [5.41, 5.74) is 3.73. The molecule has 3 heteroatoms. The zero-order valence-electron chi connectivity index (χ0n) is 9.55. The minimum Gasteiger partial charge on any atom is -0.277 e. The van der Waals surface area contributed by atoms with E-state index in [1.807, 2.05) is 0 Å². The molecular formula is C11H19NO2. The molecule has 0 spiro atoms. The number of nitrogens with one attached hydrogen (secondary N) is 1. The van der Waals surface area contributed by atoms with Gasteiger partial charge in [0.2, 0.25) is 5.91 Å². The van der Waals surface area contributed by atoms with Crippen molar-refractivity contribution in [3.63, 3.8) is 0 Å². The van der Waals surface area contributed by atoms with Gasteiger partial charge < -0.3 is 0 Å². The molecule has 0 aliphatic heterocycles. The molecule has 0 aromatic carbocycles.